The average molecular weight is 199 g/mol. The van der Waals surface area contributed by atoms with E-state index in [1.807, 2.05) is 0 Å². The topological polar surface area (TPSA) is 52.3 Å². The predicted molar refractivity (Wildman–Crippen MR) is 57.9 cm³/mol. The van der Waals surface area contributed by atoms with E-state index < -0.39 is 6.09 Å². The van der Waals surface area contributed by atoms with Crippen LogP contribution in [0.1, 0.15) is 34.1 Å². The number of amides is 1. The van der Waals surface area contributed by atoms with Crippen molar-refractivity contribution in [1.29, 1.82) is 0 Å². The van der Waals surface area contributed by atoms with Crippen LogP contribution in [0.4, 0.5) is 4.79 Å². The zero-order valence-corrected chi connectivity index (χ0v) is 9.54. The Kier molecular flexibility index (Phi) is 5.28. The van der Waals surface area contributed by atoms with Gasteiger partial charge in [-0.05, 0) is 17.8 Å². The summed E-state index contributed by atoms with van der Waals surface area (Å²) in [7, 11) is 0. The van der Waals surface area contributed by atoms with Gasteiger partial charge in [0, 0.05) is 0 Å². The lowest BCUT2D eigenvalue weighted by atomic mass is 9.94. The smallest absolute Gasteiger partial charge is 0.404 e. The van der Waals surface area contributed by atoms with E-state index in [-0.39, 0.29) is 5.41 Å². The Morgan fingerprint density at radius 3 is 2.50 bits per heavy atom. The molecule has 0 rings (SSSR count). The quantitative estimate of drug-likeness (QED) is 0.708. The van der Waals surface area contributed by atoms with E-state index in [1.54, 1.807) is 0 Å². The summed E-state index contributed by atoms with van der Waals surface area (Å²) in [5.74, 6) is 0.411. The van der Waals surface area contributed by atoms with E-state index in [9.17, 15) is 4.79 Å². The van der Waals surface area contributed by atoms with Gasteiger partial charge in [-0.15, -0.1) is 0 Å². The van der Waals surface area contributed by atoms with Crippen molar-refractivity contribution < 1.29 is 9.53 Å². The first kappa shape index (κ1) is 13.0. The molecule has 0 aliphatic rings. The molecular formula is C11H21NO2. The molecule has 0 aromatic heterocycles. The van der Waals surface area contributed by atoms with Crippen LogP contribution in [-0.2, 0) is 4.74 Å². The largest absolute Gasteiger partial charge is 0.450 e. The summed E-state index contributed by atoms with van der Waals surface area (Å²) in [6, 6.07) is 0. The number of carbonyl (C=O) groups excluding carboxylic acids is 1. The van der Waals surface area contributed by atoms with Crippen molar-refractivity contribution in [1.82, 2.24) is 0 Å². The third-order valence-corrected chi connectivity index (χ3v) is 1.74. The lowest BCUT2D eigenvalue weighted by Crippen LogP contribution is -2.14. The van der Waals surface area contributed by atoms with Crippen LogP contribution in [0.5, 0.6) is 0 Å². The molecule has 1 unspecified atom stereocenters. The standard InChI is InChI=1S/C11H21NO2/c1-9(5-7-11(2,3)4)6-8-14-10(12)13/h5,7,9H,6,8H2,1-4H3,(H2,12,13). The van der Waals surface area contributed by atoms with Gasteiger partial charge in [-0.3, -0.25) is 0 Å². The minimum Gasteiger partial charge on any atom is -0.450 e. The number of ether oxygens (including phenoxy) is 1. The molecule has 0 bridgehead atoms. The Labute approximate surface area is 86.3 Å². The molecule has 0 saturated carbocycles. The second-order valence-corrected chi connectivity index (χ2v) is 4.66. The van der Waals surface area contributed by atoms with E-state index in [1.165, 1.54) is 0 Å². The Balaban J connectivity index is 3.70. The average Bonchev–Trinajstić information content (AvgIpc) is 1.99. The number of nitrogens with two attached hydrogens (primary N) is 1. The van der Waals surface area contributed by atoms with Gasteiger partial charge in [0.1, 0.15) is 0 Å². The van der Waals surface area contributed by atoms with Gasteiger partial charge in [0.25, 0.3) is 0 Å². The zero-order chi connectivity index (χ0) is 11.2. The lowest BCUT2D eigenvalue weighted by Gasteiger charge is -2.13. The molecule has 0 spiro atoms. The molecule has 0 heterocycles. The number of hydrogen-bond donors (Lipinski definition) is 1. The van der Waals surface area contributed by atoms with Crippen LogP contribution in [0, 0.1) is 11.3 Å². The summed E-state index contributed by atoms with van der Waals surface area (Å²) in [5, 5.41) is 0. The summed E-state index contributed by atoms with van der Waals surface area (Å²) in [6.07, 6.45) is 4.43. The van der Waals surface area contributed by atoms with E-state index in [2.05, 4.69) is 44.6 Å². The van der Waals surface area contributed by atoms with Gasteiger partial charge in [0.05, 0.1) is 6.61 Å². The van der Waals surface area contributed by atoms with Crippen LogP contribution >= 0.6 is 0 Å². The Bertz CT molecular complexity index is 204. The third kappa shape index (κ3) is 9.10. The van der Waals surface area contributed by atoms with E-state index in [4.69, 9.17) is 5.73 Å². The number of hydrogen-bond acceptors (Lipinski definition) is 2. The minimum atomic E-state index is -0.697. The molecule has 2 N–H and O–H groups in total. The monoisotopic (exact) mass is 199 g/mol. The number of rotatable bonds is 4. The maximum absolute atomic E-state index is 10.3. The number of carbonyl (C=O) groups is 1. The van der Waals surface area contributed by atoms with Gasteiger partial charge in [0.15, 0.2) is 0 Å². The molecule has 3 nitrogen and oxygen atoms in total. The molecule has 0 fully saturated rings. The van der Waals surface area contributed by atoms with Crippen LogP contribution in [0.25, 0.3) is 0 Å². The first-order valence-corrected chi connectivity index (χ1v) is 4.93. The Hall–Kier alpha value is -0.990. The van der Waals surface area contributed by atoms with Crippen molar-refractivity contribution in [3.63, 3.8) is 0 Å². The summed E-state index contributed by atoms with van der Waals surface area (Å²) in [6.45, 7) is 8.93. The summed E-state index contributed by atoms with van der Waals surface area (Å²) < 4.78 is 4.65. The first-order valence-electron chi connectivity index (χ1n) is 4.93. The maximum atomic E-state index is 10.3. The highest BCUT2D eigenvalue weighted by Crippen LogP contribution is 2.17. The molecule has 0 aromatic rings. The van der Waals surface area contributed by atoms with Crippen LogP contribution < -0.4 is 5.73 Å². The van der Waals surface area contributed by atoms with Crippen molar-refractivity contribution in [2.24, 2.45) is 17.1 Å². The van der Waals surface area contributed by atoms with Crippen LogP contribution in [0.2, 0.25) is 0 Å². The van der Waals surface area contributed by atoms with Crippen molar-refractivity contribution in [3.8, 4) is 0 Å². The van der Waals surface area contributed by atoms with Gasteiger partial charge in [-0.2, -0.15) is 0 Å². The normalized spacial score (nSPS) is 14.3. The zero-order valence-electron chi connectivity index (χ0n) is 9.54. The number of allylic oxidation sites excluding steroid dienone is 2. The molecule has 0 aromatic carbocycles. The summed E-state index contributed by atoms with van der Waals surface area (Å²) in [5.41, 5.74) is 5.05. The third-order valence-electron chi connectivity index (χ3n) is 1.74. The van der Waals surface area contributed by atoms with E-state index in [0.717, 1.165) is 6.42 Å². The fourth-order valence-corrected chi connectivity index (χ4v) is 0.895. The fraction of sp³-hybridized carbons (Fsp3) is 0.727. The molecule has 0 aliphatic heterocycles. The van der Waals surface area contributed by atoms with Crippen molar-refractivity contribution in [3.05, 3.63) is 12.2 Å². The lowest BCUT2D eigenvalue weighted by molar-refractivity contribution is 0.152. The number of primary amides is 1. The first-order chi connectivity index (χ1) is 6.31. The summed E-state index contributed by atoms with van der Waals surface area (Å²) in [4.78, 5) is 10.3. The van der Waals surface area contributed by atoms with Crippen LogP contribution in [0.3, 0.4) is 0 Å². The van der Waals surface area contributed by atoms with E-state index >= 15 is 0 Å². The highest BCUT2D eigenvalue weighted by molar-refractivity contribution is 5.64. The molecule has 82 valence electrons. The fourth-order valence-electron chi connectivity index (χ4n) is 0.895. The predicted octanol–water partition coefficient (Wildman–Crippen LogP) is 2.71. The Morgan fingerprint density at radius 1 is 1.50 bits per heavy atom. The molecule has 0 aliphatic carbocycles. The highest BCUT2D eigenvalue weighted by Gasteiger charge is 2.05. The SMILES string of the molecule is CC(C=CC(C)(C)C)CCOC(N)=O. The molecule has 3 heteroatoms. The van der Waals surface area contributed by atoms with Gasteiger partial charge >= 0.3 is 6.09 Å². The van der Waals surface area contributed by atoms with Crippen LogP contribution in [-0.4, -0.2) is 12.7 Å². The van der Waals surface area contributed by atoms with Gasteiger partial charge in [-0.1, -0.05) is 39.8 Å². The Morgan fingerprint density at radius 2 is 2.07 bits per heavy atom. The molecular weight excluding hydrogens is 178 g/mol. The molecule has 14 heavy (non-hydrogen) atoms. The van der Waals surface area contributed by atoms with Gasteiger partial charge in [-0.25, -0.2) is 4.79 Å². The van der Waals surface area contributed by atoms with Gasteiger partial charge < -0.3 is 10.5 Å². The van der Waals surface area contributed by atoms with Crippen LogP contribution in [0.15, 0.2) is 12.2 Å². The molecule has 1 atom stereocenters. The van der Waals surface area contributed by atoms with E-state index in [0.29, 0.717) is 12.5 Å². The van der Waals surface area contributed by atoms with Crippen molar-refractivity contribution >= 4 is 6.09 Å². The molecule has 0 radical (unpaired) electrons. The van der Waals surface area contributed by atoms with Gasteiger partial charge in [0.2, 0.25) is 0 Å². The highest BCUT2D eigenvalue weighted by atomic mass is 16.5. The summed E-state index contributed by atoms with van der Waals surface area (Å²) >= 11 is 0. The molecule has 0 saturated heterocycles. The molecule has 1 amide bonds. The second kappa shape index (κ2) is 5.68. The van der Waals surface area contributed by atoms with Crippen molar-refractivity contribution in [2.45, 2.75) is 34.1 Å². The maximum Gasteiger partial charge on any atom is 0.404 e. The minimum absolute atomic E-state index is 0.207. The second-order valence-electron chi connectivity index (χ2n) is 4.66. The van der Waals surface area contributed by atoms with Crippen molar-refractivity contribution in [2.75, 3.05) is 6.61 Å².